The summed E-state index contributed by atoms with van der Waals surface area (Å²) in [6.07, 6.45) is 2.63. The molecule has 0 aliphatic carbocycles. The number of carbonyl (C=O) groups is 1. The fourth-order valence-corrected chi connectivity index (χ4v) is 3.88. The lowest BCUT2D eigenvalue weighted by Gasteiger charge is -2.33. The average molecular weight is 423 g/mol. The van der Waals surface area contributed by atoms with Crippen LogP contribution in [-0.2, 0) is 4.74 Å². The van der Waals surface area contributed by atoms with Gasteiger partial charge < -0.3 is 14.7 Å². The van der Waals surface area contributed by atoms with Gasteiger partial charge in [0.15, 0.2) is 5.88 Å². The second kappa shape index (κ2) is 7.58. The van der Waals surface area contributed by atoms with Crippen LogP contribution in [0.3, 0.4) is 0 Å². The minimum Gasteiger partial charge on any atom is -0.494 e. The quantitative estimate of drug-likeness (QED) is 0.672. The zero-order chi connectivity index (χ0) is 22.3. The maximum absolute atomic E-state index is 12.3. The van der Waals surface area contributed by atoms with Gasteiger partial charge in [-0.05, 0) is 46.6 Å². The number of ether oxygens (including phenoxy) is 1. The van der Waals surface area contributed by atoms with Crippen LogP contribution in [0.5, 0.6) is 5.88 Å². The first-order chi connectivity index (χ1) is 14.7. The van der Waals surface area contributed by atoms with Crippen LogP contribution in [0.15, 0.2) is 18.3 Å². The van der Waals surface area contributed by atoms with Crippen LogP contribution in [0, 0.1) is 18.3 Å². The number of aromatic hydroxyl groups is 1. The van der Waals surface area contributed by atoms with E-state index in [4.69, 9.17) is 10.00 Å². The molecule has 1 saturated heterocycles. The van der Waals surface area contributed by atoms with E-state index in [9.17, 15) is 9.90 Å². The lowest BCUT2D eigenvalue weighted by atomic mass is 10.0. The third kappa shape index (κ3) is 3.91. The van der Waals surface area contributed by atoms with Crippen molar-refractivity contribution in [1.82, 2.24) is 29.3 Å². The van der Waals surface area contributed by atoms with Crippen LogP contribution in [0.4, 0.5) is 4.79 Å². The molecule has 1 fully saturated rings. The van der Waals surface area contributed by atoms with Crippen LogP contribution >= 0.6 is 0 Å². The van der Waals surface area contributed by atoms with E-state index in [-0.39, 0.29) is 23.7 Å². The minimum atomic E-state index is -0.513. The summed E-state index contributed by atoms with van der Waals surface area (Å²) >= 11 is 0. The Kier molecular flexibility index (Phi) is 5.05. The number of hydrogen-bond donors (Lipinski definition) is 1. The average Bonchev–Trinajstić information content (AvgIpc) is 3.30. The van der Waals surface area contributed by atoms with Crippen molar-refractivity contribution in [3.05, 3.63) is 29.7 Å². The maximum atomic E-state index is 12.3. The Hall–Kier alpha value is -3.61. The molecule has 1 aliphatic heterocycles. The van der Waals surface area contributed by atoms with Gasteiger partial charge in [0.1, 0.15) is 28.7 Å². The van der Waals surface area contributed by atoms with E-state index in [1.165, 1.54) is 10.6 Å². The van der Waals surface area contributed by atoms with Crippen molar-refractivity contribution in [3.63, 3.8) is 0 Å². The summed E-state index contributed by atoms with van der Waals surface area (Å²) in [6, 6.07) is 5.45. The van der Waals surface area contributed by atoms with Crippen molar-refractivity contribution in [2.45, 2.75) is 52.2 Å². The number of fused-ring (bicyclic) bond motifs is 1. The van der Waals surface area contributed by atoms with E-state index < -0.39 is 5.60 Å². The van der Waals surface area contributed by atoms with E-state index in [2.05, 4.69) is 15.3 Å². The van der Waals surface area contributed by atoms with Gasteiger partial charge in [-0.3, -0.25) is 4.40 Å². The molecule has 4 heterocycles. The van der Waals surface area contributed by atoms with Crippen LogP contribution < -0.4 is 0 Å². The van der Waals surface area contributed by atoms with Crippen molar-refractivity contribution in [3.8, 4) is 23.2 Å². The van der Waals surface area contributed by atoms with Gasteiger partial charge in [0.2, 0.25) is 0 Å². The van der Waals surface area contributed by atoms with E-state index in [1.54, 1.807) is 17.0 Å². The van der Waals surface area contributed by atoms with Crippen molar-refractivity contribution >= 4 is 11.7 Å². The number of piperidine rings is 1. The molecule has 31 heavy (non-hydrogen) atoms. The van der Waals surface area contributed by atoms with Crippen LogP contribution in [0.1, 0.15) is 51.0 Å². The lowest BCUT2D eigenvalue weighted by Crippen LogP contribution is -2.42. The maximum Gasteiger partial charge on any atom is 0.410 e. The molecule has 0 atom stereocenters. The normalized spacial score (nSPS) is 15.3. The van der Waals surface area contributed by atoms with Gasteiger partial charge >= 0.3 is 6.09 Å². The summed E-state index contributed by atoms with van der Waals surface area (Å²) in [5, 5.41) is 28.2. The Bertz CT molecular complexity index is 1170. The van der Waals surface area contributed by atoms with E-state index in [0.717, 1.165) is 18.5 Å². The third-order valence-electron chi connectivity index (χ3n) is 5.36. The first-order valence-electron chi connectivity index (χ1n) is 10.2. The molecular weight excluding hydrogens is 398 g/mol. The third-order valence-corrected chi connectivity index (χ3v) is 5.36. The number of likely N-dealkylation sites (tertiary alicyclic amines) is 1. The molecule has 3 aromatic heterocycles. The summed E-state index contributed by atoms with van der Waals surface area (Å²) in [6.45, 7) is 8.69. The molecule has 0 spiro atoms. The molecule has 0 aromatic carbocycles. The summed E-state index contributed by atoms with van der Waals surface area (Å²) in [5.74, 6) is -0.0823. The standard InChI is InChI=1S/C21H25N7O3/c1-13-19(14-9-17-23-12-16(11-22)27(17)18(29)10-14)24-25-28(13)15-5-7-26(8-6-15)20(30)31-21(2,3)4/h9-10,12,15,29H,5-8H2,1-4H3. The van der Waals surface area contributed by atoms with Gasteiger partial charge in [0, 0.05) is 24.7 Å². The molecular formula is C21H25N7O3. The molecule has 0 unspecified atom stereocenters. The highest BCUT2D eigenvalue weighted by Crippen LogP contribution is 2.31. The molecule has 1 N–H and O–H groups in total. The molecule has 3 aromatic rings. The summed E-state index contributed by atoms with van der Waals surface area (Å²) in [4.78, 5) is 18.2. The molecule has 0 radical (unpaired) electrons. The number of amides is 1. The van der Waals surface area contributed by atoms with Gasteiger partial charge in [0.05, 0.1) is 17.9 Å². The first kappa shape index (κ1) is 20.7. The second-order valence-corrected chi connectivity index (χ2v) is 8.72. The zero-order valence-electron chi connectivity index (χ0n) is 18.0. The number of aromatic nitrogens is 5. The van der Waals surface area contributed by atoms with E-state index in [0.29, 0.717) is 30.0 Å². The van der Waals surface area contributed by atoms with Gasteiger partial charge in [-0.2, -0.15) is 5.26 Å². The zero-order valence-corrected chi connectivity index (χ0v) is 18.0. The Morgan fingerprint density at radius 3 is 2.65 bits per heavy atom. The summed E-state index contributed by atoms with van der Waals surface area (Å²) in [5.41, 5.74) is 2.40. The number of hydrogen-bond acceptors (Lipinski definition) is 7. The van der Waals surface area contributed by atoms with Crippen LogP contribution in [-0.4, -0.2) is 59.2 Å². The van der Waals surface area contributed by atoms with E-state index in [1.807, 2.05) is 38.4 Å². The monoisotopic (exact) mass is 423 g/mol. The largest absolute Gasteiger partial charge is 0.494 e. The number of rotatable bonds is 2. The Balaban J connectivity index is 1.53. The van der Waals surface area contributed by atoms with Crippen molar-refractivity contribution in [2.24, 2.45) is 0 Å². The SMILES string of the molecule is Cc1c(-c2cc(O)n3c(C#N)cnc3c2)nnn1C1CCN(C(=O)OC(C)(C)C)CC1. The molecule has 1 amide bonds. The summed E-state index contributed by atoms with van der Waals surface area (Å²) in [7, 11) is 0. The molecule has 10 nitrogen and oxygen atoms in total. The summed E-state index contributed by atoms with van der Waals surface area (Å²) < 4.78 is 8.73. The predicted molar refractivity (Wildman–Crippen MR) is 111 cm³/mol. The van der Waals surface area contributed by atoms with Gasteiger partial charge in [-0.1, -0.05) is 5.21 Å². The van der Waals surface area contributed by atoms with Gasteiger partial charge in [-0.15, -0.1) is 5.10 Å². The second-order valence-electron chi connectivity index (χ2n) is 8.72. The topological polar surface area (TPSA) is 122 Å². The number of imidazole rings is 1. The fraction of sp³-hybridized carbons (Fsp3) is 0.476. The number of pyridine rings is 1. The number of nitriles is 1. The highest BCUT2D eigenvalue weighted by molar-refractivity contribution is 5.69. The van der Waals surface area contributed by atoms with Gasteiger partial charge in [-0.25, -0.2) is 14.5 Å². The van der Waals surface area contributed by atoms with Crippen molar-refractivity contribution in [2.75, 3.05) is 13.1 Å². The highest BCUT2D eigenvalue weighted by atomic mass is 16.6. The van der Waals surface area contributed by atoms with Crippen molar-refractivity contribution < 1.29 is 14.6 Å². The van der Waals surface area contributed by atoms with Gasteiger partial charge in [0.25, 0.3) is 0 Å². The Morgan fingerprint density at radius 2 is 2.00 bits per heavy atom. The Labute approximate surface area is 179 Å². The molecule has 162 valence electrons. The molecule has 0 bridgehead atoms. The molecule has 10 heteroatoms. The molecule has 0 saturated carbocycles. The van der Waals surface area contributed by atoms with E-state index >= 15 is 0 Å². The first-order valence-corrected chi connectivity index (χ1v) is 10.2. The lowest BCUT2D eigenvalue weighted by molar-refractivity contribution is 0.0184. The van der Waals surface area contributed by atoms with Crippen molar-refractivity contribution in [1.29, 1.82) is 5.26 Å². The number of carbonyl (C=O) groups excluding carboxylic acids is 1. The highest BCUT2D eigenvalue weighted by Gasteiger charge is 2.29. The fourth-order valence-electron chi connectivity index (χ4n) is 3.88. The Morgan fingerprint density at radius 1 is 1.29 bits per heavy atom. The van der Waals surface area contributed by atoms with Crippen LogP contribution in [0.2, 0.25) is 0 Å². The smallest absolute Gasteiger partial charge is 0.410 e. The molecule has 1 aliphatic rings. The predicted octanol–water partition coefficient (Wildman–Crippen LogP) is 3.05. The van der Waals surface area contributed by atoms with Crippen LogP contribution in [0.25, 0.3) is 16.9 Å². The molecule has 4 rings (SSSR count). The number of nitrogens with zero attached hydrogens (tertiary/aromatic N) is 7. The minimum absolute atomic E-state index is 0.0823.